The highest BCUT2D eigenvalue weighted by Gasteiger charge is 2.30. The van der Waals surface area contributed by atoms with Crippen LogP contribution in [0, 0.1) is 6.92 Å². The van der Waals surface area contributed by atoms with Crippen LogP contribution in [0.3, 0.4) is 0 Å². The quantitative estimate of drug-likeness (QED) is 0.333. The number of nitrogens with zero attached hydrogens (tertiary/aromatic N) is 4. The number of imidazole rings is 1. The minimum absolute atomic E-state index is 0.0988. The summed E-state index contributed by atoms with van der Waals surface area (Å²) < 4.78 is 40.4. The van der Waals surface area contributed by atoms with E-state index < -0.39 is 17.6 Å². The fourth-order valence-electron chi connectivity index (χ4n) is 4.76. The van der Waals surface area contributed by atoms with Crippen molar-refractivity contribution in [2.45, 2.75) is 31.9 Å². The summed E-state index contributed by atoms with van der Waals surface area (Å²) in [5.74, 6) is 0.248. The molecule has 0 saturated carbocycles. The first-order valence-electron chi connectivity index (χ1n) is 12.5. The Morgan fingerprint density at radius 3 is 2.51 bits per heavy atom. The molecule has 1 saturated heterocycles. The van der Waals surface area contributed by atoms with Gasteiger partial charge in [0.1, 0.15) is 5.69 Å². The fourth-order valence-corrected chi connectivity index (χ4v) is 4.76. The third-order valence-electron chi connectivity index (χ3n) is 6.86. The summed E-state index contributed by atoms with van der Waals surface area (Å²) in [7, 11) is 0. The van der Waals surface area contributed by atoms with Crippen molar-refractivity contribution in [1.82, 2.24) is 19.3 Å². The largest absolute Gasteiger partial charge is 0.416 e. The van der Waals surface area contributed by atoms with Crippen LogP contribution in [0.15, 0.2) is 73.1 Å². The number of likely N-dealkylation sites (tertiary alicyclic amines) is 1. The summed E-state index contributed by atoms with van der Waals surface area (Å²) in [5.41, 5.74) is 2.51. The molecule has 0 atom stereocenters. The molecule has 0 radical (unpaired) electrons. The lowest BCUT2D eigenvalue weighted by Gasteiger charge is -2.32. The first kappa shape index (κ1) is 26.1. The smallest absolute Gasteiger partial charge is 0.337 e. The van der Waals surface area contributed by atoms with Crippen molar-refractivity contribution >= 4 is 29.4 Å². The number of amides is 2. The second-order valence-electron chi connectivity index (χ2n) is 9.51. The highest BCUT2D eigenvalue weighted by Crippen LogP contribution is 2.31. The van der Waals surface area contributed by atoms with Gasteiger partial charge in [-0.3, -0.25) is 14.0 Å². The van der Waals surface area contributed by atoms with Crippen molar-refractivity contribution in [3.05, 3.63) is 101 Å². The van der Waals surface area contributed by atoms with Crippen LogP contribution < -0.4 is 5.32 Å². The molecule has 10 heteroatoms. The zero-order valence-corrected chi connectivity index (χ0v) is 21.2. The van der Waals surface area contributed by atoms with E-state index in [0.717, 1.165) is 36.2 Å². The molecule has 1 N–H and O–H groups in total. The van der Waals surface area contributed by atoms with Crippen molar-refractivity contribution < 1.29 is 22.8 Å². The van der Waals surface area contributed by atoms with E-state index in [0.29, 0.717) is 30.2 Å². The van der Waals surface area contributed by atoms with E-state index in [1.54, 1.807) is 24.4 Å². The van der Waals surface area contributed by atoms with Crippen LogP contribution in [0.4, 0.5) is 18.9 Å². The Morgan fingerprint density at radius 1 is 1.05 bits per heavy atom. The second kappa shape index (κ2) is 10.7. The van der Waals surface area contributed by atoms with Gasteiger partial charge in [-0.25, -0.2) is 9.97 Å². The predicted molar refractivity (Wildman–Crippen MR) is 141 cm³/mol. The maximum Gasteiger partial charge on any atom is 0.416 e. The molecular weight excluding hydrogens is 507 g/mol. The van der Waals surface area contributed by atoms with Crippen LogP contribution in [-0.2, 0) is 11.0 Å². The van der Waals surface area contributed by atoms with Crippen molar-refractivity contribution in [3.63, 3.8) is 0 Å². The van der Waals surface area contributed by atoms with Gasteiger partial charge >= 0.3 is 6.18 Å². The molecular formula is C29H26F3N5O2. The number of alkyl halides is 3. The highest BCUT2D eigenvalue weighted by molar-refractivity contribution is 6.01. The lowest BCUT2D eigenvalue weighted by Crippen LogP contribution is -2.38. The number of hydrogen-bond acceptors (Lipinski definition) is 4. The van der Waals surface area contributed by atoms with E-state index in [2.05, 4.69) is 15.3 Å². The van der Waals surface area contributed by atoms with E-state index in [1.165, 1.54) is 24.3 Å². The number of carbonyl (C=O) groups is 2. The van der Waals surface area contributed by atoms with Gasteiger partial charge in [0.2, 0.25) is 11.7 Å². The molecule has 0 spiro atoms. The van der Waals surface area contributed by atoms with Gasteiger partial charge in [0, 0.05) is 42.9 Å². The number of anilines is 1. The van der Waals surface area contributed by atoms with Gasteiger partial charge in [0.15, 0.2) is 0 Å². The van der Waals surface area contributed by atoms with Crippen LogP contribution in [0.5, 0.6) is 0 Å². The Morgan fingerprint density at radius 2 is 1.79 bits per heavy atom. The van der Waals surface area contributed by atoms with Crippen molar-refractivity contribution in [3.8, 4) is 0 Å². The molecule has 2 amide bonds. The molecule has 0 bridgehead atoms. The molecule has 3 heterocycles. The normalized spacial score (nSPS) is 14.7. The molecule has 0 aliphatic carbocycles. The van der Waals surface area contributed by atoms with E-state index in [1.807, 2.05) is 34.6 Å². The molecule has 7 nitrogen and oxygen atoms in total. The van der Waals surface area contributed by atoms with Gasteiger partial charge in [0.05, 0.1) is 5.56 Å². The number of fused-ring (bicyclic) bond motifs is 1. The van der Waals surface area contributed by atoms with Crippen molar-refractivity contribution in [2.75, 3.05) is 18.4 Å². The first-order chi connectivity index (χ1) is 18.7. The zero-order chi connectivity index (χ0) is 27.6. The zero-order valence-electron chi connectivity index (χ0n) is 21.2. The van der Waals surface area contributed by atoms with Crippen LogP contribution in [0.2, 0.25) is 0 Å². The lowest BCUT2D eigenvalue weighted by atomic mass is 9.89. The molecule has 5 rings (SSSR count). The van der Waals surface area contributed by atoms with Crippen molar-refractivity contribution in [1.29, 1.82) is 0 Å². The minimum Gasteiger partial charge on any atom is -0.337 e. The van der Waals surface area contributed by atoms with Gasteiger partial charge in [-0.05, 0) is 73.2 Å². The van der Waals surface area contributed by atoms with Crippen LogP contribution in [0.25, 0.3) is 11.9 Å². The monoisotopic (exact) mass is 533 g/mol. The molecule has 2 aromatic heterocycles. The molecule has 1 aliphatic rings. The topological polar surface area (TPSA) is 79.6 Å². The van der Waals surface area contributed by atoms with Gasteiger partial charge in [0.25, 0.3) is 5.91 Å². The number of nitrogens with one attached hydrogen (secondary N) is 1. The summed E-state index contributed by atoms with van der Waals surface area (Å²) in [5, 5.41) is 2.73. The summed E-state index contributed by atoms with van der Waals surface area (Å²) in [4.78, 5) is 35.7. The third kappa shape index (κ3) is 6.00. The third-order valence-corrected chi connectivity index (χ3v) is 6.86. The first-order valence-corrected chi connectivity index (χ1v) is 12.5. The predicted octanol–water partition coefficient (Wildman–Crippen LogP) is 5.73. The maximum absolute atomic E-state index is 13.0. The number of aromatic nitrogens is 3. The summed E-state index contributed by atoms with van der Waals surface area (Å²) >= 11 is 0. The Balaban J connectivity index is 1.15. The average molecular weight is 534 g/mol. The van der Waals surface area contributed by atoms with E-state index >= 15 is 0 Å². The van der Waals surface area contributed by atoms with Crippen LogP contribution in [0.1, 0.15) is 51.6 Å². The fraction of sp³-hybridized carbons (Fsp3) is 0.241. The highest BCUT2D eigenvalue weighted by atomic mass is 19.4. The van der Waals surface area contributed by atoms with Gasteiger partial charge in [-0.1, -0.05) is 24.3 Å². The standard InChI is InChI=1S/C29H26F3N5O2/c1-19-17-25(35-28-33-13-16-37(19)28)27(39)36-14-11-22(12-15-36)21-6-8-24(9-7-21)34-26(38)10-5-20-3-2-4-23(18-20)29(30,31)32/h2-10,13,16-18,22H,11-12,14-15H2,1H3,(H,34,38)/b10-5+. The summed E-state index contributed by atoms with van der Waals surface area (Å²) in [6, 6.07) is 14.1. The molecule has 1 aliphatic heterocycles. The molecule has 4 aromatic rings. The Bertz CT molecular complexity index is 1530. The molecule has 1 fully saturated rings. The van der Waals surface area contributed by atoms with Gasteiger partial charge in [-0.15, -0.1) is 0 Å². The van der Waals surface area contributed by atoms with E-state index in [4.69, 9.17) is 0 Å². The Labute approximate surface area is 223 Å². The number of benzene rings is 2. The Kier molecular flexibility index (Phi) is 7.19. The van der Waals surface area contributed by atoms with Crippen LogP contribution >= 0.6 is 0 Å². The maximum atomic E-state index is 13.0. The van der Waals surface area contributed by atoms with E-state index in [9.17, 15) is 22.8 Å². The van der Waals surface area contributed by atoms with Gasteiger partial charge < -0.3 is 10.2 Å². The molecule has 2 aromatic carbocycles. The van der Waals surface area contributed by atoms with E-state index in [-0.39, 0.29) is 17.4 Å². The summed E-state index contributed by atoms with van der Waals surface area (Å²) in [6.45, 7) is 3.14. The Hall–Kier alpha value is -4.47. The molecule has 39 heavy (non-hydrogen) atoms. The second-order valence-corrected chi connectivity index (χ2v) is 9.51. The number of hydrogen-bond donors (Lipinski definition) is 1. The lowest BCUT2D eigenvalue weighted by molar-refractivity contribution is -0.137. The van der Waals surface area contributed by atoms with Gasteiger partial charge in [-0.2, -0.15) is 13.2 Å². The number of piperidine rings is 1. The SMILES string of the molecule is Cc1cc(C(=O)N2CCC(c3ccc(NC(=O)/C=C/c4cccc(C(F)(F)F)c4)cc3)CC2)nc2nccn12. The minimum atomic E-state index is -4.44. The number of aryl methyl sites for hydroxylation is 1. The number of rotatable bonds is 5. The summed E-state index contributed by atoms with van der Waals surface area (Å²) in [6.07, 6.45) is 3.19. The average Bonchev–Trinajstić information content (AvgIpc) is 3.41. The molecule has 0 unspecified atom stereocenters. The number of halogens is 3. The van der Waals surface area contributed by atoms with Crippen LogP contribution in [-0.4, -0.2) is 44.2 Å². The molecule has 200 valence electrons. The van der Waals surface area contributed by atoms with Crippen molar-refractivity contribution in [2.24, 2.45) is 0 Å². The number of carbonyl (C=O) groups excluding carboxylic acids is 2.